The Morgan fingerprint density at radius 3 is 3.10 bits per heavy atom. The summed E-state index contributed by atoms with van der Waals surface area (Å²) in [4.78, 5) is 16.6. The lowest BCUT2D eigenvalue weighted by Crippen LogP contribution is -2.33. The zero-order valence-corrected chi connectivity index (χ0v) is 11.1. The summed E-state index contributed by atoms with van der Waals surface area (Å²) in [5.41, 5.74) is 1.67. The lowest BCUT2D eigenvalue weighted by atomic mass is 10.1. The van der Waals surface area contributed by atoms with Gasteiger partial charge in [0.25, 0.3) is 5.91 Å². The number of nitrogens with one attached hydrogen (secondary N) is 1. The molecule has 0 spiro atoms. The van der Waals surface area contributed by atoms with Gasteiger partial charge in [-0.1, -0.05) is 0 Å². The minimum atomic E-state index is -0.117. The van der Waals surface area contributed by atoms with Gasteiger partial charge >= 0.3 is 0 Å². The second-order valence-corrected chi connectivity index (χ2v) is 5.36. The van der Waals surface area contributed by atoms with Gasteiger partial charge in [-0.05, 0) is 31.7 Å². The third kappa shape index (κ3) is 1.81. The molecule has 1 N–H and O–H groups in total. The zero-order chi connectivity index (χ0) is 13.5. The molecule has 0 radical (unpaired) electrons. The molecule has 0 saturated carbocycles. The fraction of sp³-hybridized carbons (Fsp3) is 0.538. The molecule has 1 unspecified atom stereocenters. The van der Waals surface area contributed by atoms with Crippen LogP contribution >= 0.6 is 0 Å². The van der Waals surface area contributed by atoms with E-state index in [-0.39, 0.29) is 11.9 Å². The van der Waals surface area contributed by atoms with Gasteiger partial charge in [-0.2, -0.15) is 10.2 Å². The molecular weight excluding hydrogens is 256 g/mol. The van der Waals surface area contributed by atoms with Gasteiger partial charge in [0.2, 0.25) is 0 Å². The molecule has 20 heavy (non-hydrogen) atoms. The number of hydrogen-bond donors (Lipinski definition) is 1. The van der Waals surface area contributed by atoms with Crippen LogP contribution in [0.1, 0.15) is 47.3 Å². The number of nitrogens with zero attached hydrogens (tertiary/aromatic N) is 5. The Morgan fingerprint density at radius 2 is 2.20 bits per heavy atom. The number of aryl methyl sites for hydroxylation is 3. The summed E-state index contributed by atoms with van der Waals surface area (Å²) >= 11 is 0. The average Bonchev–Trinajstić information content (AvgIpc) is 3.13. The summed E-state index contributed by atoms with van der Waals surface area (Å²) in [7, 11) is 0. The van der Waals surface area contributed by atoms with E-state index >= 15 is 0 Å². The highest BCUT2D eigenvalue weighted by atomic mass is 16.2. The number of amides is 1. The van der Waals surface area contributed by atoms with E-state index in [1.807, 2.05) is 15.4 Å². The molecule has 7 nitrogen and oxygen atoms in total. The molecule has 4 rings (SSSR count). The second kappa shape index (κ2) is 4.43. The molecule has 0 bridgehead atoms. The fourth-order valence-electron chi connectivity index (χ4n) is 3.03. The van der Waals surface area contributed by atoms with Gasteiger partial charge in [0, 0.05) is 18.8 Å². The minimum absolute atomic E-state index is 0.0599. The Morgan fingerprint density at radius 1 is 1.30 bits per heavy atom. The third-order valence-corrected chi connectivity index (χ3v) is 4.02. The summed E-state index contributed by atoms with van der Waals surface area (Å²) in [5.74, 6) is 0.727. The molecule has 0 saturated heterocycles. The number of carbonyl (C=O) groups is 1. The van der Waals surface area contributed by atoms with Crippen molar-refractivity contribution < 1.29 is 4.79 Å². The topological polar surface area (TPSA) is 77.6 Å². The Bertz CT molecular complexity index is 636. The molecule has 104 valence electrons. The highest BCUT2D eigenvalue weighted by Crippen LogP contribution is 2.23. The van der Waals surface area contributed by atoms with Crippen LogP contribution < -0.4 is 5.32 Å². The SMILES string of the molecule is O=C(NC1CCCn2ncnc21)c1cc2n(n1)CCC2. The van der Waals surface area contributed by atoms with Gasteiger partial charge < -0.3 is 5.32 Å². The summed E-state index contributed by atoms with van der Waals surface area (Å²) in [6.07, 6.45) is 5.58. The van der Waals surface area contributed by atoms with Gasteiger partial charge in [-0.25, -0.2) is 9.67 Å². The number of rotatable bonds is 2. The van der Waals surface area contributed by atoms with E-state index in [2.05, 4.69) is 20.5 Å². The maximum Gasteiger partial charge on any atom is 0.272 e. The van der Waals surface area contributed by atoms with Crippen molar-refractivity contribution in [3.8, 4) is 0 Å². The van der Waals surface area contributed by atoms with Crippen LogP contribution in [0.25, 0.3) is 0 Å². The van der Waals surface area contributed by atoms with Gasteiger partial charge in [0.1, 0.15) is 17.8 Å². The van der Waals surface area contributed by atoms with Crippen molar-refractivity contribution in [3.05, 3.63) is 29.6 Å². The van der Waals surface area contributed by atoms with Crippen molar-refractivity contribution in [2.45, 2.75) is 44.8 Å². The Labute approximate surface area is 116 Å². The fourth-order valence-corrected chi connectivity index (χ4v) is 3.03. The molecule has 2 aliphatic rings. The smallest absolute Gasteiger partial charge is 0.272 e. The van der Waals surface area contributed by atoms with Crippen LogP contribution in [-0.2, 0) is 19.5 Å². The van der Waals surface area contributed by atoms with E-state index in [1.165, 1.54) is 0 Å². The molecule has 1 atom stereocenters. The van der Waals surface area contributed by atoms with Crippen LogP contribution in [0, 0.1) is 0 Å². The molecule has 0 aliphatic carbocycles. The predicted molar refractivity (Wildman–Crippen MR) is 70.0 cm³/mol. The van der Waals surface area contributed by atoms with Crippen molar-refractivity contribution >= 4 is 5.91 Å². The van der Waals surface area contributed by atoms with Crippen molar-refractivity contribution in [2.24, 2.45) is 0 Å². The van der Waals surface area contributed by atoms with Crippen LogP contribution in [-0.4, -0.2) is 30.5 Å². The number of aromatic nitrogens is 5. The van der Waals surface area contributed by atoms with E-state index in [9.17, 15) is 4.79 Å². The summed E-state index contributed by atoms with van der Waals surface area (Å²) in [6, 6.07) is 1.84. The Hall–Kier alpha value is -2.18. The zero-order valence-electron chi connectivity index (χ0n) is 11.1. The molecule has 4 heterocycles. The van der Waals surface area contributed by atoms with Crippen molar-refractivity contribution in [1.29, 1.82) is 0 Å². The maximum absolute atomic E-state index is 12.3. The first-order valence-electron chi connectivity index (χ1n) is 7.06. The van der Waals surface area contributed by atoms with Crippen LogP contribution in [0.3, 0.4) is 0 Å². The van der Waals surface area contributed by atoms with Crippen molar-refractivity contribution in [1.82, 2.24) is 29.9 Å². The molecular formula is C13H16N6O. The van der Waals surface area contributed by atoms with Gasteiger partial charge in [0.15, 0.2) is 0 Å². The van der Waals surface area contributed by atoms with E-state index in [0.717, 1.165) is 50.3 Å². The van der Waals surface area contributed by atoms with E-state index in [1.54, 1.807) is 6.33 Å². The van der Waals surface area contributed by atoms with Gasteiger partial charge in [-0.3, -0.25) is 9.48 Å². The quantitative estimate of drug-likeness (QED) is 0.872. The standard InChI is InChI=1S/C13H16N6O/c20-13(11-7-9-3-1-5-18(9)17-11)16-10-4-2-6-19-12(10)14-8-15-19/h7-8,10H,1-6H2,(H,16,20). The van der Waals surface area contributed by atoms with Gasteiger partial charge in [0.05, 0.1) is 6.04 Å². The predicted octanol–water partition coefficient (Wildman–Crippen LogP) is 0.686. The summed E-state index contributed by atoms with van der Waals surface area (Å²) in [5, 5.41) is 11.6. The third-order valence-electron chi connectivity index (χ3n) is 4.02. The Balaban J connectivity index is 1.53. The molecule has 2 aromatic rings. The molecule has 2 aliphatic heterocycles. The first-order valence-corrected chi connectivity index (χ1v) is 7.06. The summed E-state index contributed by atoms with van der Waals surface area (Å²) in [6.45, 7) is 1.79. The number of fused-ring (bicyclic) bond motifs is 2. The summed E-state index contributed by atoms with van der Waals surface area (Å²) < 4.78 is 3.79. The average molecular weight is 272 g/mol. The first kappa shape index (κ1) is 11.6. The molecule has 0 fully saturated rings. The molecule has 1 amide bonds. The minimum Gasteiger partial charge on any atom is -0.341 e. The van der Waals surface area contributed by atoms with Gasteiger partial charge in [-0.15, -0.1) is 0 Å². The normalized spacial score (nSPS) is 20.5. The van der Waals surface area contributed by atoms with E-state index < -0.39 is 0 Å². The highest BCUT2D eigenvalue weighted by molar-refractivity contribution is 5.92. The van der Waals surface area contributed by atoms with Crippen LogP contribution in [0.15, 0.2) is 12.4 Å². The first-order chi connectivity index (χ1) is 9.81. The number of hydrogen-bond acceptors (Lipinski definition) is 4. The molecule has 7 heteroatoms. The second-order valence-electron chi connectivity index (χ2n) is 5.36. The van der Waals surface area contributed by atoms with Crippen molar-refractivity contribution in [3.63, 3.8) is 0 Å². The lowest BCUT2D eigenvalue weighted by molar-refractivity contribution is 0.0921. The monoisotopic (exact) mass is 272 g/mol. The van der Waals surface area contributed by atoms with Crippen LogP contribution in [0.4, 0.5) is 0 Å². The largest absolute Gasteiger partial charge is 0.341 e. The van der Waals surface area contributed by atoms with E-state index in [0.29, 0.717) is 5.69 Å². The lowest BCUT2D eigenvalue weighted by Gasteiger charge is -2.22. The van der Waals surface area contributed by atoms with Crippen LogP contribution in [0.5, 0.6) is 0 Å². The Kier molecular flexibility index (Phi) is 2.58. The highest BCUT2D eigenvalue weighted by Gasteiger charge is 2.26. The molecule has 2 aromatic heterocycles. The number of carbonyl (C=O) groups excluding carboxylic acids is 1. The van der Waals surface area contributed by atoms with E-state index in [4.69, 9.17) is 0 Å². The van der Waals surface area contributed by atoms with Crippen molar-refractivity contribution in [2.75, 3.05) is 0 Å². The molecule has 0 aromatic carbocycles. The maximum atomic E-state index is 12.3. The van der Waals surface area contributed by atoms with Crippen LogP contribution in [0.2, 0.25) is 0 Å².